The van der Waals surface area contributed by atoms with Crippen molar-refractivity contribution < 1.29 is 4.79 Å². The van der Waals surface area contributed by atoms with Crippen LogP contribution in [0.3, 0.4) is 0 Å². The van der Waals surface area contributed by atoms with E-state index in [9.17, 15) is 4.79 Å². The van der Waals surface area contributed by atoms with Gasteiger partial charge in [0.2, 0.25) is 5.91 Å². The number of likely N-dealkylation sites (tertiary alicyclic amines) is 1. The van der Waals surface area contributed by atoms with E-state index in [-0.39, 0.29) is 5.91 Å². The molecule has 1 aliphatic heterocycles. The molecular weight excluding hydrogens is 238 g/mol. The Morgan fingerprint density at radius 3 is 2.42 bits per heavy atom. The smallest absolute Gasteiger partial charge is 0.236 e. The lowest BCUT2D eigenvalue weighted by Gasteiger charge is -2.38. The first-order chi connectivity index (χ1) is 9.08. The number of hydrogen-bond donors (Lipinski definition) is 1. The molecule has 4 heteroatoms. The molecular formula is C15H29N3O. The van der Waals surface area contributed by atoms with Gasteiger partial charge in [-0.2, -0.15) is 0 Å². The molecule has 2 aliphatic rings. The second-order valence-corrected chi connectivity index (χ2v) is 6.44. The molecule has 2 rings (SSSR count). The summed E-state index contributed by atoms with van der Waals surface area (Å²) < 4.78 is 0. The summed E-state index contributed by atoms with van der Waals surface area (Å²) in [5, 5.41) is 3.29. The summed E-state index contributed by atoms with van der Waals surface area (Å²) in [7, 11) is 1.97. The summed E-state index contributed by atoms with van der Waals surface area (Å²) in [5.74, 6) is 1.09. The van der Waals surface area contributed by atoms with Crippen molar-refractivity contribution in [2.45, 2.75) is 51.6 Å². The highest BCUT2D eigenvalue weighted by Crippen LogP contribution is 2.27. The SMILES string of the molecule is CC(C)N1CCC(N(C)C(=O)CNCC2CC2)CC1. The maximum atomic E-state index is 12.1. The first-order valence-electron chi connectivity index (χ1n) is 7.78. The molecule has 0 atom stereocenters. The van der Waals surface area contributed by atoms with Crippen molar-refractivity contribution in [2.24, 2.45) is 5.92 Å². The lowest BCUT2D eigenvalue weighted by atomic mass is 10.0. The van der Waals surface area contributed by atoms with Crippen LogP contribution in [0, 0.1) is 5.92 Å². The summed E-state index contributed by atoms with van der Waals surface area (Å²) in [4.78, 5) is 16.6. The summed E-state index contributed by atoms with van der Waals surface area (Å²) >= 11 is 0. The van der Waals surface area contributed by atoms with Crippen molar-refractivity contribution in [3.05, 3.63) is 0 Å². The first kappa shape index (κ1) is 14.8. The fraction of sp³-hybridized carbons (Fsp3) is 0.933. The predicted octanol–water partition coefficient (Wildman–Crippen LogP) is 1.32. The Bertz CT molecular complexity index is 294. The van der Waals surface area contributed by atoms with Crippen LogP contribution >= 0.6 is 0 Å². The van der Waals surface area contributed by atoms with Gasteiger partial charge in [0.25, 0.3) is 0 Å². The van der Waals surface area contributed by atoms with Gasteiger partial charge in [0.15, 0.2) is 0 Å². The number of hydrogen-bond acceptors (Lipinski definition) is 3. The lowest BCUT2D eigenvalue weighted by molar-refractivity contribution is -0.131. The number of likely N-dealkylation sites (N-methyl/N-ethyl adjacent to an activating group) is 1. The third kappa shape index (κ3) is 4.46. The Balaban J connectivity index is 1.67. The Labute approximate surface area is 117 Å². The van der Waals surface area contributed by atoms with Crippen molar-refractivity contribution in [3.63, 3.8) is 0 Å². The van der Waals surface area contributed by atoms with Gasteiger partial charge in [-0.3, -0.25) is 4.79 Å². The standard InChI is InChI=1S/C15H29N3O/c1-12(2)18-8-6-14(7-9-18)17(3)15(19)11-16-10-13-4-5-13/h12-14,16H,4-11H2,1-3H3. The van der Waals surface area contributed by atoms with Gasteiger partial charge in [0.05, 0.1) is 6.54 Å². The molecule has 1 amide bonds. The van der Waals surface area contributed by atoms with Gasteiger partial charge in [0.1, 0.15) is 0 Å². The molecule has 19 heavy (non-hydrogen) atoms. The Morgan fingerprint density at radius 1 is 1.26 bits per heavy atom. The molecule has 4 nitrogen and oxygen atoms in total. The summed E-state index contributed by atoms with van der Waals surface area (Å²) in [6.45, 7) is 8.27. The molecule has 0 unspecified atom stereocenters. The minimum Gasteiger partial charge on any atom is -0.342 e. The zero-order chi connectivity index (χ0) is 13.8. The molecule has 1 saturated heterocycles. The number of carbonyl (C=O) groups is 1. The van der Waals surface area contributed by atoms with Gasteiger partial charge < -0.3 is 15.1 Å². The summed E-state index contributed by atoms with van der Waals surface area (Å²) in [5.41, 5.74) is 0. The van der Waals surface area contributed by atoms with E-state index in [4.69, 9.17) is 0 Å². The van der Waals surface area contributed by atoms with E-state index in [1.54, 1.807) is 0 Å². The summed E-state index contributed by atoms with van der Waals surface area (Å²) in [6, 6.07) is 1.06. The number of carbonyl (C=O) groups excluding carboxylic acids is 1. The summed E-state index contributed by atoms with van der Waals surface area (Å²) in [6.07, 6.45) is 4.90. The zero-order valence-corrected chi connectivity index (χ0v) is 12.7. The Morgan fingerprint density at radius 2 is 1.89 bits per heavy atom. The van der Waals surface area contributed by atoms with E-state index in [1.807, 2.05) is 11.9 Å². The van der Waals surface area contributed by atoms with E-state index in [0.29, 0.717) is 18.6 Å². The maximum absolute atomic E-state index is 12.1. The zero-order valence-electron chi connectivity index (χ0n) is 12.7. The van der Waals surface area contributed by atoms with E-state index in [2.05, 4.69) is 24.1 Å². The van der Waals surface area contributed by atoms with Crippen molar-refractivity contribution >= 4 is 5.91 Å². The van der Waals surface area contributed by atoms with E-state index in [1.165, 1.54) is 12.8 Å². The van der Waals surface area contributed by atoms with Gasteiger partial charge in [-0.15, -0.1) is 0 Å². The van der Waals surface area contributed by atoms with Gasteiger partial charge in [0, 0.05) is 32.2 Å². The van der Waals surface area contributed by atoms with Crippen molar-refractivity contribution in [3.8, 4) is 0 Å². The normalized spacial score (nSPS) is 21.9. The molecule has 1 heterocycles. The fourth-order valence-electron chi connectivity index (χ4n) is 2.82. The molecule has 0 radical (unpaired) electrons. The maximum Gasteiger partial charge on any atom is 0.236 e. The molecule has 1 N–H and O–H groups in total. The van der Waals surface area contributed by atoms with E-state index < -0.39 is 0 Å². The number of nitrogens with one attached hydrogen (secondary N) is 1. The van der Waals surface area contributed by atoms with E-state index in [0.717, 1.165) is 38.4 Å². The third-order valence-corrected chi connectivity index (χ3v) is 4.58. The molecule has 0 spiro atoms. The highest BCUT2D eigenvalue weighted by molar-refractivity contribution is 5.78. The largest absolute Gasteiger partial charge is 0.342 e. The highest BCUT2D eigenvalue weighted by Gasteiger charge is 2.26. The fourth-order valence-corrected chi connectivity index (χ4v) is 2.82. The molecule has 0 bridgehead atoms. The minimum absolute atomic E-state index is 0.253. The first-order valence-corrected chi connectivity index (χ1v) is 7.78. The number of amides is 1. The number of piperidine rings is 1. The van der Waals surface area contributed by atoms with Gasteiger partial charge in [-0.25, -0.2) is 0 Å². The highest BCUT2D eigenvalue weighted by atomic mass is 16.2. The van der Waals surface area contributed by atoms with Crippen LogP contribution in [0.4, 0.5) is 0 Å². The molecule has 110 valence electrons. The van der Waals surface area contributed by atoms with Crippen LogP contribution in [0.15, 0.2) is 0 Å². The lowest BCUT2D eigenvalue weighted by Crippen LogP contribution is -2.49. The van der Waals surface area contributed by atoms with Crippen molar-refractivity contribution in [1.29, 1.82) is 0 Å². The van der Waals surface area contributed by atoms with Crippen LogP contribution in [0.5, 0.6) is 0 Å². The molecule has 1 aliphatic carbocycles. The molecule has 0 aromatic carbocycles. The molecule has 0 aromatic rings. The van der Waals surface area contributed by atoms with Crippen LogP contribution in [-0.4, -0.2) is 61.0 Å². The second kappa shape index (κ2) is 6.71. The van der Waals surface area contributed by atoms with Crippen LogP contribution in [0.25, 0.3) is 0 Å². The average molecular weight is 267 g/mol. The third-order valence-electron chi connectivity index (χ3n) is 4.58. The van der Waals surface area contributed by atoms with Crippen LogP contribution in [-0.2, 0) is 4.79 Å². The quantitative estimate of drug-likeness (QED) is 0.788. The Kier molecular flexibility index (Phi) is 5.22. The monoisotopic (exact) mass is 267 g/mol. The number of nitrogens with zero attached hydrogens (tertiary/aromatic N) is 2. The van der Waals surface area contributed by atoms with Gasteiger partial charge in [-0.05, 0) is 52.0 Å². The topological polar surface area (TPSA) is 35.6 Å². The van der Waals surface area contributed by atoms with Crippen LogP contribution in [0.2, 0.25) is 0 Å². The van der Waals surface area contributed by atoms with Crippen LogP contribution in [0.1, 0.15) is 39.5 Å². The minimum atomic E-state index is 0.253. The average Bonchev–Trinajstić information content (AvgIpc) is 3.22. The molecule has 1 saturated carbocycles. The molecule has 2 fully saturated rings. The molecule has 0 aromatic heterocycles. The predicted molar refractivity (Wildman–Crippen MR) is 78.1 cm³/mol. The van der Waals surface area contributed by atoms with Gasteiger partial charge >= 0.3 is 0 Å². The second-order valence-electron chi connectivity index (χ2n) is 6.44. The van der Waals surface area contributed by atoms with Gasteiger partial charge in [-0.1, -0.05) is 0 Å². The van der Waals surface area contributed by atoms with Crippen molar-refractivity contribution in [2.75, 3.05) is 33.2 Å². The van der Waals surface area contributed by atoms with Crippen molar-refractivity contribution in [1.82, 2.24) is 15.1 Å². The Hall–Kier alpha value is -0.610. The van der Waals surface area contributed by atoms with Crippen LogP contribution < -0.4 is 5.32 Å². The number of rotatable bonds is 6. The van der Waals surface area contributed by atoms with E-state index >= 15 is 0 Å².